The summed E-state index contributed by atoms with van der Waals surface area (Å²) in [5, 5.41) is 13.4. The maximum Gasteiger partial charge on any atom is 0.0434 e. The van der Waals surface area contributed by atoms with Crippen LogP contribution in [0, 0.1) is 12.8 Å². The Hall–Kier alpha value is -6.10. The summed E-state index contributed by atoms with van der Waals surface area (Å²) in [5.41, 5.74) is 11.9. The van der Waals surface area contributed by atoms with E-state index in [0.29, 0.717) is 5.92 Å². The van der Waals surface area contributed by atoms with Crippen molar-refractivity contribution in [3.05, 3.63) is 174 Å². The summed E-state index contributed by atoms with van der Waals surface area (Å²) in [6.45, 7) is 9.78. The predicted octanol–water partition coefficient (Wildman–Crippen LogP) is 18.7. The summed E-state index contributed by atoms with van der Waals surface area (Å²) >= 11 is 5.79. The van der Waals surface area contributed by atoms with Gasteiger partial charge in [0.1, 0.15) is 0 Å². The highest BCUT2D eigenvalue weighted by molar-refractivity contribution is 7.27. The average Bonchev–Trinajstić information content (AvgIpc) is 4.00. The monoisotopic (exact) mass is 846 g/mol. The molecule has 0 saturated heterocycles. The van der Waals surface area contributed by atoms with Gasteiger partial charge in [-0.1, -0.05) is 154 Å². The van der Waals surface area contributed by atoms with Gasteiger partial charge in [-0.3, -0.25) is 0 Å². The van der Waals surface area contributed by atoms with E-state index in [2.05, 4.69) is 192 Å². The smallest absolute Gasteiger partial charge is 0.0434 e. The SMILES string of the molecule is CCC1/C=C/c2c(-c3cccc4c3sc3ccccc34)cc(-c3cccc4c3sc3ccccc34)c3ccc4c(-c5cccc6c5sc5ccccc56)cc(c(C)c4c23)C1(C)C. The Morgan fingerprint density at radius 3 is 1.37 bits per heavy atom. The van der Waals surface area contributed by atoms with Crippen molar-refractivity contribution >= 4 is 122 Å². The number of hydrogen-bond acceptors (Lipinski definition) is 3. The highest BCUT2D eigenvalue weighted by Crippen LogP contribution is 2.53. The first-order valence-electron chi connectivity index (χ1n) is 21.9. The molecule has 1 aliphatic carbocycles. The zero-order valence-corrected chi connectivity index (χ0v) is 37.5. The number of rotatable bonds is 4. The molecule has 0 fully saturated rings. The number of fused-ring (bicyclic) bond motifs is 10. The molecule has 1 atom stereocenters. The normalized spacial score (nSPS) is 15.6. The maximum atomic E-state index is 2.59. The van der Waals surface area contributed by atoms with Crippen molar-refractivity contribution in [1.29, 1.82) is 0 Å². The van der Waals surface area contributed by atoms with Crippen molar-refractivity contribution in [3.63, 3.8) is 0 Å². The van der Waals surface area contributed by atoms with E-state index < -0.39 is 0 Å². The van der Waals surface area contributed by atoms with Crippen molar-refractivity contribution in [3.8, 4) is 33.4 Å². The van der Waals surface area contributed by atoms with Crippen LogP contribution in [0.4, 0.5) is 0 Å². The van der Waals surface area contributed by atoms with Gasteiger partial charge in [0.25, 0.3) is 0 Å². The van der Waals surface area contributed by atoms with E-state index in [1.54, 1.807) is 0 Å². The molecule has 1 unspecified atom stereocenters. The van der Waals surface area contributed by atoms with E-state index in [0.717, 1.165) is 6.42 Å². The van der Waals surface area contributed by atoms with Crippen LogP contribution in [0.2, 0.25) is 0 Å². The van der Waals surface area contributed by atoms with Crippen LogP contribution in [0.1, 0.15) is 43.9 Å². The summed E-state index contributed by atoms with van der Waals surface area (Å²) in [6, 6.07) is 57.8. The van der Waals surface area contributed by atoms with Gasteiger partial charge in [0.05, 0.1) is 0 Å². The lowest BCUT2D eigenvalue weighted by Crippen LogP contribution is -2.28. The van der Waals surface area contributed by atoms with E-state index >= 15 is 0 Å². The molecule has 0 N–H and O–H groups in total. The zero-order chi connectivity index (χ0) is 41.4. The third kappa shape index (κ3) is 5.05. The van der Waals surface area contributed by atoms with E-state index in [9.17, 15) is 0 Å². The molecule has 2 bridgehead atoms. The minimum Gasteiger partial charge on any atom is -0.135 e. The van der Waals surface area contributed by atoms with E-state index in [-0.39, 0.29) is 5.41 Å². The predicted molar refractivity (Wildman–Crippen MR) is 277 cm³/mol. The molecule has 0 nitrogen and oxygen atoms in total. The van der Waals surface area contributed by atoms with Gasteiger partial charge in [0, 0.05) is 77.2 Å². The van der Waals surface area contributed by atoms with Crippen molar-refractivity contribution in [2.24, 2.45) is 5.92 Å². The molecule has 3 aromatic heterocycles. The highest BCUT2D eigenvalue weighted by atomic mass is 32.1. The molecule has 296 valence electrons. The number of aryl methyl sites for hydroxylation is 1. The molecule has 0 radical (unpaired) electrons. The molecule has 12 aromatic rings. The number of allylic oxidation sites excluding steroid dienone is 1. The Morgan fingerprint density at radius 2 is 0.871 bits per heavy atom. The molecule has 0 aliphatic heterocycles. The van der Waals surface area contributed by atoms with Crippen molar-refractivity contribution in [1.82, 2.24) is 0 Å². The summed E-state index contributed by atoms with van der Waals surface area (Å²) in [7, 11) is 0. The fourth-order valence-corrected chi connectivity index (χ4v) is 15.0. The first-order chi connectivity index (χ1) is 30.4. The summed E-state index contributed by atoms with van der Waals surface area (Å²) < 4.78 is 8.08. The second-order valence-corrected chi connectivity index (χ2v) is 21.0. The van der Waals surface area contributed by atoms with Crippen LogP contribution >= 0.6 is 34.0 Å². The lowest BCUT2D eigenvalue weighted by molar-refractivity contribution is 0.372. The van der Waals surface area contributed by atoms with E-state index in [4.69, 9.17) is 0 Å². The fourth-order valence-electron chi connectivity index (χ4n) is 11.3. The Balaban J connectivity index is 1.24. The van der Waals surface area contributed by atoms with Crippen LogP contribution in [-0.2, 0) is 5.41 Å². The molecule has 0 saturated carbocycles. The fraction of sp³-hybridized carbons (Fsp3) is 0.119. The van der Waals surface area contributed by atoms with Crippen molar-refractivity contribution in [2.75, 3.05) is 0 Å². The van der Waals surface area contributed by atoms with Gasteiger partial charge >= 0.3 is 0 Å². The Labute approximate surface area is 373 Å². The summed E-state index contributed by atoms with van der Waals surface area (Å²) in [4.78, 5) is 0. The van der Waals surface area contributed by atoms with Crippen LogP contribution in [0.3, 0.4) is 0 Å². The van der Waals surface area contributed by atoms with Gasteiger partial charge in [0.2, 0.25) is 0 Å². The first-order valence-corrected chi connectivity index (χ1v) is 24.3. The molecule has 3 heteroatoms. The lowest BCUT2D eigenvalue weighted by Gasteiger charge is -2.35. The second kappa shape index (κ2) is 13.4. The second-order valence-electron chi connectivity index (χ2n) is 17.8. The molecule has 13 rings (SSSR count). The van der Waals surface area contributed by atoms with Gasteiger partial charge < -0.3 is 0 Å². The molecule has 3 heterocycles. The van der Waals surface area contributed by atoms with Gasteiger partial charge in [-0.2, -0.15) is 0 Å². The standard InChI is InChI=1S/C59H42S3/c1-5-34-27-28-39-47(44-21-12-18-41-35-15-6-9-24-51(35)60-56(41)44)31-48(45-22-13-19-42-36-16-7-10-25-52(36)61-57(42)45)40-30-29-38-49(32-50(59(34,3)4)33(2)54(38)55(39)40)46-23-14-20-43-37-17-8-11-26-53(37)62-58(43)46/h6-32,34H,5H2,1-4H3/b28-27+. The molecule has 62 heavy (non-hydrogen) atoms. The van der Waals surface area contributed by atoms with Crippen molar-refractivity contribution in [2.45, 2.75) is 39.5 Å². The molecule has 0 spiro atoms. The quantitative estimate of drug-likeness (QED) is 0.155. The highest BCUT2D eigenvalue weighted by Gasteiger charge is 2.34. The van der Waals surface area contributed by atoms with Crippen LogP contribution in [0.5, 0.6) is 0 Å². The Bertz CT molecular complexity index is 3900. The van der Waals surface area contributed by atoms with Crippen LogP contribution < -0.4 is 0 Å². The van der Waals surface area contributed by atoms with Gasteiger partial charge in [-0.05, 0) is 110 Å². The largest absolute Gasteiger partial charge is 0.135 e. The molecule has 9 aromatic carbocycles. The number of thiophene rings is 3. The Kier molecular flexibility index (Phi) is 7.93. The average molecular weight is 847 g/mol. The maximum absolute atomic E-state index is 2.59. The van der Waals surface area contributed by atoms with E-state index in [1.807, 2.05) is 34.0 Å². The first kappa shape index (κ1) is 36.5. The summed E-state index contributed by atoms with van der Waals surface area (Å²) in [5.74, 6) is 0.330. The van der Waals surface area contributed by atoms with Gasteiger partial charge in [-0.15, -0.1) is 34.0 Å². The minimum atomic E-state index is -0.117. The van der Waals surface area contributed by atoms with Crippen LogP contribution in [0.25, 0.3) is 122 Å². The number of hydrogen-bond donors (Lipinski definition) is 0. The third-order valence-corrected chi connectivity index (χ3v) is 18.0. The lowest BCUT2D eigenvalue weighted by atomic mass is 9.69. The third-order valence-electron chi connectivity index (χ3n) is 14.3. The van der Waals surface area contributed by atoms with E-state index in [1.165, 1.54) is 132 Å². The van der Waals surface area contributed by atoms with Gasteiger partial charge in [0.15, 0.2) is 0 Å². The van der Waals surface area contributed by atoms with Gasteiger partial charge in [-0.25, -0.2) is 0 Å². The van der Waals surface area contributed by atoms with Crippen LogP contribution in [-0.4, -0.2) is 0 Å². The topological polar surface area (TPSA) is 0 Å². The molecule has 0 amide bonds. The Morgan fingerprint density at radius 1 is 0.435 bits per heavy atom. The van der Waals surface area contributed by atoms with Crippen molar-refractivity contribution < 1.29 is 0 Å². The minimum absolute atomic E-state index is 0.117. The number of benzene rings is 9. The molecule has 1 aliphatic rings. The molecular weight excluding hydrogens is 805 g/mol. The zero-order valence-electron chi connectivity index (χ0n) is 35.1. The van der Waals surface area contributed by atoms with Crippen LogP contribution in [0.15, 0.2) is 158 Å². The molecular formula is C59H42S3. The summed E-state index contributed by atoms with van der Waals surface area (Å²) in [6.07, 6.45) is 6.15.